The summed E-state index contributed by atoms with van der Waals surface area (Å²) in [6.45, 7) is 2.22. The fourth-order valence-electron chi connectivity index (χ4n) is 2.99. The van der Waals surface area contributed by atoms with Gasteiger partial charge in [0.05, 0.1) is 13.2 Å². The van der Waals surface area contributed by atoms with Crippen molar-refractivity contribution in [1.82, 2.24) is 0 Å². The molecule has 0 bridgehead atoms. The molecule has 5 nitrogen and oxygen atoms in total. The highest BCUT2D eigenvalue weighted by Crippen LogP contribution is 2.26. The first-order valence-corrected chi connectivity index (χ1v) is 10.9. The Bertz CT molecular complexity index is 469. The van der Waals surface area contributed by atoms with Gasteiger partial charge < -0.3 is 25.2 Å². The first kappa shape index (κ1) is 23.5. The molecule has 6 heteroatoms. The van der Waals surface area contributed by atoms with Gasteiger partial charge in [-0.3, -0.25) is 0 Å². The molecule has 0 radical (unpaired) electrons. The van der Waals surface area contributed by atoms with Crippen molar-refractivity contribution in [3.05, 3.63) is 35.4 Å². The zero-order valence-corrected chi connectivity index (χ0v) is 17.0. The van der Waals surface area contributed by atoms with Gasteiger partial charge in [0, 0.05) is 5.54 Å². The fraction of sp³-hybridized carbons (Fsp3) is 0.700. The second-order valence-corrected chi connectivity index (χ2v) is 7.95. The van der Waals surface area contributed by atoms with Crippen LogP contribution in [0.5, 0.6) is 0 Å². The van der Waals surface area contributed by atoms with Crippen LogP contribution in [-0.4, -0.2) is 33.6 Å². The third kappa shape index (κ3) is 10.6. The highest BCUT2D eigenvalue weighted by molar-refractivity contribution is 7.39. The molecule has 5 N–H and O–H groups in total. The predicted octanol–water partition coefficient (Wildman–Crippen LogP) is 3.83. The average Bonchev–Trinajstić information content (AvgIpc) is 2.63. The van der Waals surface area contributed by atoms with Gasteiger partial charge in [-0.15, -0.1) is 0 Å². The van der Waals surface area contributed by atoms with Crippen molar-refractivity contribution in [3.63, 3.8) is 0 Å². The van der Waals surface area contributed by atoms with E-state index in [2.05, 4.69) is 31.2 Å². The standard InChI is InChI=1S/C20H36NO4P/c1-2-3-4-5-6-7-8-18-9-11-19(12-10-18)13-14-20(21,17-22)15-16-25-26(23)24/h9-12,22-24H,2-8,13-17,21H2,1H3. The minimum absolute atomic E-state index is 0.132. The van der Waals surface area contributed by atoms with E-state index < -0.39 is 14.1 Å². The zero-order valence-electron chi connectivity index (χ0n) is 16.1. The Hall–Kier alpha value is -0.550. The minimum Gasteiger partial charge on any atom is -0.394 e. The second-order valence-electron chi connectivity index (χ2n) is 7.19. The monoisotopic (exact) mass is 385 g/mol. The maximum Gasteiger partial charge on any atom is 0.327 e. The van der Waals surface area contributed by atoms with E-state index in [1.54, 1.807) is 0 Å². The van der Waals surface area contributed by atoms with Crippen molar-refractivity contribution < 1.29 is 19.4 Å². The highest BCUT2D eigenvalue weighted by atomic mass is 31.2. The van der Waals surface area contributed by atoms with Crippen molar-refractivity contribution >= 4 is 8.60 Å². The largest absolute Gasteiger partial charge is 0.394 e. The maximum atomic E-state index is 9.55. The summed E-state index contributed by atoms with van der Waals surface area (Å²) in [6.07, 6.45) is 10.8. The van der Waals surface area contributed by atoms with Crippen LogP contribution in [0.2, 0.25) is 0 Å². The number of aliphatic hydroxyl groups excluding tert-OH is 1. The van der Waals surface area contributed by atoms with E-state index in [9.17, 15) is 5.11 Å². The van der Waals surface area contributed by atoms with Crippen LogP contribution >= 0.6 is 8.60 Å². The van der Waals surface area contributed by atoms with Crippen LogP contribution in [0.25, 0.3) is 0 Å². The van der Waals surface area contributed by atoms with Crippen molar-refractivity contribution in [2.24, 2.45) is 5.73 Å². The Morgan fingerprint density at radius 1 is 0.923 bits per heavy atom. The Balaban J connectivity index is 2.31. The molecule has 0 aliphatic heterocycles. The van der Waals surface area contributed by atoms with Crippen molar-refractivity contribution in [1.29, 1.82) is 0 Å². The van der Waals surface area contributed by atoms with Crippen LogP contribution < -0.4 is 5.73 Å². The first-order chi connectivity index (χ1) is 12.5. The second kappa shape index (κ2) is 13.6. The SMILES string of the molecule is CCCCCCCCc1ccc(CCC(N)(CO)CCOP(O)O)cc1. The van der Waals surface area contributed by atoms with Crippen molar-refractivity contribution in [2.45, 2.75) is 76.7 Å². The van der Waals surface area contributed by atoms with Crippen LogP contribution in [0.15, 0.2) is 24.3 Å². The van der Waals surface area contributed by atoms with E-state index in [-0.39, 0.29) is 13.2 Å². The lowest BCUT2D eigenvalue weighted by atomic mass is 9.90. The van der Waals surface area contributed by atoms with E-state index in [4.69, 9.17) is 20.0 Å². The molecular formula is C20H36NO4P. The number of aryl methyl sites for hydroxylation is 2. The van der Waals surface area contributed by atoms with E-state index in [1.165, 1.54) is 49.7 Å². The highest BCUT2D eigenvalue weighted by Gasteiger charge is 2.24. The summed E-state index contributed by atoms with van der Waals surface area (Å²) in [6, 6.07) is 8.65. The van der Waals surface area contributed by atoms with E-state index in [1.807, 2.05) is 0 Å². The minimum atomic E-state index is -2.36. The molecule has 0 amide bonds. The molecule has 150 valence electrons. The first-order valence-electron chi connectivity index (χ1n) is 9.77. The third-order valence-electron chi connectivity index (χ3n) is 4.88. The summed E-state index contributed by atoms with van der Waals surface area (Å²) in [5, 5.41) is 9.55. The molecule has 1 aromatic carbocycles. The quantitative estimate of drug-likeness (QED) is 0.272. The molecule has 0 heterocycles. The molecule has 26 heavy (non-hydrogen) atoms. The van der Waals surface area contributed by atoms with Crippen LogP contribution in [-0.2, 0) is 17.4 Å². The number of hydrogen-bond donors (Lipinski definition) is 4. The molecule has 0 aromatic heterocycles. The Morgan fingerprint density at radius 2 is 1.50 bits per heavy atom. The number of benzene rings is 1. The van der Waals surface area contributed by atoms with E-state index >= 15 is 0 Å². The summed E-state index contributed by atoms with van der Waals surface area (Å²) in [5.74, 6) is 0. The number of hydrogen-bond acceptors (Lipinski definition) is 5. The number of nitrogens with two attached hydrogens (primary N) is 1. The third-order valence-corrected chi connectivity index (χ3v) is 5.29. The van der Waals surface area contributed by atoms with Gasteiger partial charge in [0.1, 0.15) is 0 Å². The van der Waals surface area contributed by atoms with Gasteiger partial charge in [-0.25, -0.2) is 0 Å². The molecular weight excluding hydrogens is 349 g/mol. The molecule has 1 atom stereocenters. The molecule has 0 fully saturated rings. The molecule has 0 spiro atoms. The predicted molar refractivity (Wildman–Crippen MR) is 108 cm³/mol. The van der Waals surface area contributed by atoms with Crippen LogP contribution in [0, 0.1) is 0 Å². The molecule has 0 saturated heterocycles. The summed E-state index contributed by atoms with van der Waals surface area (Å²) >= 11 is 0. The average molecular weight is 385 g/mol. The molecule has 1 rings (SSSR count). The molecule has 1 unspecified atom stereocenters. The van der Waals surface area contributed by atoms with Gasteiger partial charge in [0.2, 0.25) is 0 Å². The Labute approximate surface area is 159 Å². The van der Waals surface area contributed by atoms with Gasteiger partial charge >= 0.3 is 8.60 Å². The smallest absolute Gasteiger partial charge is 0.327 e. The number of unbranched alkanes of at least 4 members (excludes halogenated alkanes) is 5. The Kier molecular flexibility index (Phi) is 12.3. The van der Waals surface area contributed by atoms with Gasteiger partial charge in [-0.2, -0.15) is 0 Å². The van der Waals surface area contributed by atoms with Gasteiger partial charge in [-0.05, 0) is 43.2 Å². The lowest BCUT2D eigenvalue weighted by Gasteiger charge is -2.27. The normalized spacial score (nSPS) is 13.9. The van der Waals surface area contributed by atoms with Gasteiger partial charge in [-0.1, -0.05) is 63.3 Å². The lowest BCUT2D eigenvalue weighted by molar-refractivity contribution is 0.149. The fourth-order valence-corrected chi connectivity index (χ4v) is 3.24. The number of rotatable bonds is 15. The maximum absolute atomic E-state index is 9.55. The van der Waals surface area contributed by atoms with E-state index in [0.717, 1.165) is 12.8 Å². The van der Waals surface area contributed by atoms with Crippen molar-refractivity contribution in [3.8, 4) is 0 Å². The summed E-state index contributed by atoms with van der Waals surface area (Å²) < 4.78 is 4.76. The van der Waals surface area contributed by atoms with Gasteiger partial charge in [0.15, 0.2) is 0 Å². The van der Waals surface area contributed by atoms with Crippen LogP contribution in [0.4, 0.5) is 0 Å². The van der Waals surface area contributed by atoms with Crippen molar-refractivity contribution in [2.75, 3.05) is 13.2 Å². The molecule has 0 aliphatic rings. The zero-order chi connectivity index (χ0) is 19.3. The molecule has 0 aliphatic carbocycles. The topological polar surface area (TPSA) is 95.9 Å². The summed E-state index contributed by atoms with van der Waals surface area (Å²) in [4.78, 5) is 17.5. The molecule has 0 saturated carbocycles. The van der Waals surface area contributed by atoms with Crippen LogP contribution in [0.1, 0.15) is 69.4 Å². The van der Waals surface area contributed by atoms with E-state index in [0.29, 0.717) is 12.8 Å². The van der Waals surface area contributed by atoms with Gasteiger partial charge in [0.25, 0.3) is 0 Å². The summed E-state index contributed by atoms with van der Waals surface area (Å²) in [5.41, 5.74) is 8.00. The Morgan fingerprint density at radius 3 is 2.08 bits per heavy atom. The number of aliphatic hydroxyl groups is 1. The molecule has 1 aromatic rings. The summed E-state index contributed by atoms with van der Waals surface area (Å²) in [7, 11) is -2.36. The van der Waals surface area contributed by atoms with Crippen LogP contribution in [0.3, 0.4) is 0 Å². The lowest BCUT2D eigenvalue weighted by Crippen LogP contribution is -2.45.